The third kappa shape index (κ3) is 2.81. The normalized spacial score (nSPS) is 11.3. The van der Waals surface area contributed by atoms with Gasteiger partial charge in [0.15, 0.2) is 0 Å². The molecule has 0 saturated heterocycles. The highest BCUT2D eigenvalue weighted by Gasteiger charge is 2.21. The molecule has 2 rings (SSSR count). The SMILES string of the molecule is CN(c1ccc(CN)cc1)S(=O)(=O)c1cccc(F)c1. The fraction of sp³-hybridized carbons (Fsp3) is 0.143. The minimum Gasteiger partial charge on any atom is -0.326 e. The predicted molar refractivity (Wildman–Crippen MR) is 76.3 cm³/mol. The van der Waals surface area contributed by atoms with Crippen LogP contribution in [0.3, 0.4) is 0 Å². The number of sulfonamides is 1. The zero-order valence-corrected chi connectivity index (χ0v) is 11.8. The number of anilines is 1. The first-order valence-electron chi connectivity index (χ1n) is 5.98. The van der Waals surface area contributed by atoms with Crippen molar-refractivity contribution >= 4 is 15.7 Å². The van der Waals surface area contributed by atoms with E-state index in [0.29, 0.717) is 12.2 Å². The fourth-order valence-electron chi connectivity index (χ4n) is 1.77. The van der Waals surface area contributed by atoms with Crippen LogP contribution in [0.5, 0.6) is 0 Å². The van der Waals surface area contributed by atoms with Gasteiger partial charge < -0.3 is 5.73 Å². The Bertz CT molecular complexity index is 699. The van der Waals surface area contributed by atoms with E-state index in [1.807, 2.05) is 0 Å². The van der Waals surface area contributed by atoms with Crippen LogP contribution in [0, 0.1) is 5.82 Å². The first kappa shape index (κ1) is 14.5. The summed E-state index contributed by atoms with van der Waals surface area (Å²) >= 11 is 0. The number of halogens is 1. The van der Waals surface area contributed by atoms with E-state index in [0.717, 1.165) is 15.9 Å². The molecule has 0 bridgehead atoms. The molecule has 2 aromatic carbocycles. The molecular formula is C14H15FN2O2S. The van der Waals surface area contributed by atoms with Gasteiger partial charge in [0, 0.05) is 13.6 Å². The second kappa shape index (κ2) is 5.60. The lowest BCUT2D eigenvalue weighted by Gasteiger charge is -2.19. The Morgan fingerprint density at radius 1 is 1.15 bits per heavy atom. The van der Waals surface area contributed by atoms with Crippen molar-refractivity contribution in [2.24, 2.45) is 5.73 Å². The number of nitrogens with two attached hydrogens (primary N) is 1. The molecular weight excluding hydrogens is 279 g/mol. The van der Waals surface area contributed by atoms with Crippen LogP contribution < -0.4 is 10.0 Å². The van der Waals surface area contributed by atoms with Crippen LogP contribution in [0.2, 0.25) is 0 Å². The number of benzene rings is 2. The van der Waals surface area contributed by atoms with Gasteiger partial charge in [0.25, 0.3) is 10.0 Å². The number of hydrogen-bond donors (Lipinski definition) is 1. The van der Waals surface area contributed by atoms with Crippen LogP contribution in [0.25, 0.3) is 0 Å². The average molecular weight is 294 g/mol. The third-order valence-electron chi connectivity index (χ3n) is 2.99. The molecule has 0 spiro atoms. The molecule has 0 aromatic heterocycles. The highest BCUT2D eigenvalue weighted by molar-refractivity contribution is 7.92. The summed E-state index contributed by atoms with van der Waals surface area (Å²) in [5, 5.41) is 0. The molecule has 0 aliphatic rings. The predicted octanol–water partition coefficient (Wildman–Crippen LogP) is 2.11. The van der Waals surface area contributed by atoms with E-state index in [2.05, 4.69) is 0 Å². The summed E-state index contributed by atoms with van der Waals surface area (Å²) in [6.45, 7) is 0.390. The lowest BCUT2D eigenvalue weighted by atomic mass is 10.2. The van der Waals surface area contributed by atoms with Crippen LogP contribution in [0.1, 0.15) is 5.56 Å². The molecule has 2 aromatic rings. The van der Waals surface area contributed by atoms with E-state index in [4.69, 9.17) is 5.73 Å². The Morgan fingerprint density at radius 2 is 1.80 bits per heavy atom. The summed E-state index contributed by atoms with van der Waals surface area (Å²) in [6.07, 6.45) is 0. The molecule has 0 aliphatic carbocycles. The van der Waals surface area contributed by atoms with Gasteiger partial charge in [0.1, 0.15) is 5.82 Å². The molecule has 6 heteroatoms. The minimum atomic E-state index is -3.77. The summed E-state index contributed by atoms with van der Waals surface area (Å²) in [5.41, 5.74) is 6.90. The van der Waals surface area contributed by atoms with Gasteiger partial charge >= 0.3 is 0 Å². The summed E-state index contributed by atoms with van der Waals surface area (Å²) in [5.74, 6) is -0.585. The molecule has 0 amide bonds. The van der Waals surface area contributed by atoms with Gasteiger partial charge in [-0.25, -0.2) is 12.8 Å². The Hall–Kier alpha value is -1.92. The van der Waals surface area contributed by atoms with E-state index < -0.39 is 15.8 Å². The van der Waals surface area contributed by atoms with Crippen molar-refractivity contribution in [3.8, 4) is 0 Å². The summed E-state index contributed by atoms with van der Waals surface area (Å²) in [4.78, 5) is -0.0806. The zero-order valence-electron chi connectivity index (χ0n) is 11.0. The van der Waals surface area contributed by atoms with E-state index in [9.17, 15) is 12.8 Å². The lowest BCUT2D eigenvalue weighted by Crippen LogP contribution is -2.26. The second-order valence-electron chi connectivity index (χ2n) is 4.30. The summed E-state index contributed by atoms with van der Waals surface area (Å²) < 4.78 is 39.0. The maximum absolute atomic E-state index is 13.2. The van der Waals surface area contributed by atoms with Crippen molar-refractivity contribution in [3.63, 3.8) is 0 Å². The maximum Gasteiger partial charge on any atom is 0.264 e. The molecule has 2 N–H and O–H groups in total. The minimum absolute atomic E-state index is 0.0806. The Morgan fingerprint density at radius 3 is 2.35 bits per heavy atom. The number of nitrogens with zero attached hydrogens (tertiary/aromatic N) is 1. The van der Waals surface area contributed by atoms with Crippen LogP contribution >= 0.6 is 0 Å². The van der Waals surface area contributed by atoms with E-state index in [1.54, 1.807) is 24.3 Å². The summed E-state index contributed by atoms with van der Waals surface area (Å²) in [6, 6.07) is 11.8. The van der Waals surface area contributed by atoms with Crippen molar-refractivity contribution < 1.29 is 12.8 Å². The van der Waals surface area contributed by atoms with E-state index in [-0.39, 0.29) is 4.90 Å². The second-order valence-corrected chi connectivity index (χ2v) is 6.27. The van der Waals surface area contributed by atoms with Gasteiger partial charge in [-0.15, -0.1) is 0 Å². The Kier molecular flexibility index (Phi) is 4.06. The van der Waals surface area contributed by atoms with Crippen LogP contribution in [0.15, 0.2) is 53.4 Å². The molecule has 0 heterocycles. The highest BCUT2D eigenvalue weighted by atomic mass is 32.2. The van der Waals surface area contributed by atoms with Crippen LogP contribution in [-0.4, -0.2) is 15.5 Å². The molecule has 0 unspecified atom stereocenters. The first-order chi connectivity index (χ1) is 9.45. The molecule has 20 heavy (non-hydrogen) atoms. The Labute approximate surface area is 117 Å². The van der Waals surface area contributed by atoms with Gasteiger partial charge in [-0.05, 0) is 35.9 Å². The van der Waals surface area contributed by atoms with Crippen molar-refractivity contribution in [1.29, 1.82) is 0 Å². The maximum atomic E-state index is 13.2. The van der Waals surface area contributed by atoms with Gasteiger partial charge in [0.05, 0.1) is 10.6 Å². The van der Waals surface area contributed by atoms with Crippen molar-refractivity contribution in [3.05, 3.63) is 59.9 Å². The highest BCUT2D eigenvalue weighted by Crippen LogP contribution is 2.22. The lowest BCUT2D eigenvalue weighted by molar-refractivity contribution is 0.589. The van der Waals surface area contributed by atoms with Gasteiger partial charge in [-0.2, -0.15) is 0 Å². The quantitative estimate of drug-likeness (QED) is 0.939. The molecule has 0 radical (unpaired) electrons. The van der Waals surface area contributed by atoms with Gasteiger partial charge in [-0.1, -0.05) is 18.2 Å². The van der Waals surface area contributed by atoms with Crippen LogP contribution in [-0.2, 0) is 16.6 Å². The monoisotopic (exact) mass is 294 g/mol. The van der Waals surface area contributed by atoms with Gasteiger partial charge in [0.2, 0.25) is 0 Å². The van der Waals surface area contributed by atoms with Crippen molar-refractivity contribution in [2.45, 2.75) is 11.4 Å². The topological polar surface area (TPSA) is 63.4 Å². The van der Waals surface area contributed by atoms with Crippen LogP contribution in [0.4, 0.5) is 10.1 Å². The molecule has 4 nitrogen and oxygen atoms in total. The third-order valence-corrected chi connectivity index (χ3v) is 4.77. The van der Waals surface area contributed by atoms with E-state index in [1.165, 1.54) is 25.2 Å². The number of rotatable bonds is 4. The number of hydrogen-bond acceptors (Lipinski definition) is 3. The van der Waals surface area contributed by atoms with Gasteiger partial charge in [-0.3, -0.25) is 4.31 Å². The molecule has 106 valence electrons. The molecule has 0 saturated carbocycles. The summed E-state index contributed by atoms with van der Waals surface area (Å²) in [7, 11) is -2.34. The first-order valence-corrected chi connectivity index (χ1v) is 7.42. The fourth-order valence-corrected chi connectivity index (χ4v) is 2.99. The van der Waals surface area contributed by atoms with E-state index >= 15 is 0 Å². The molecule has 0 fully saturated rings. The molecule has 0 aliphatic heterocycles. The smallest absolute Gasteiger partial charge is 0.264 e. The zero-order chi connectivity index (χ0) is 14.8. The average Bonchev–Trinajstić information content (AvgIpc) is 2.46. The largest absolute Gasteiger partial charge is 0.326 e. The molecule has 0 atom stereocenters. The van der Waals surface area contributed by atoms with Crippen molar-refractivity contribution in [2.75, 3.05) is 11.4 Å². The Balaban J connectivity index is 2.37. The van der Waals surface area contributed by atoms with Crippen molar-refractivity contribution in [1.82, 2.24) is 0 Å². The standard InChI is InChI=1S/C14H15FN2O2S/c1-17(13-7-5-11(10-16)6-8-13)20(18,19)14-4-2-3-12(15)9-14/h2-9H,10,16H2,1H3.